The van der Waals surface area contributed by atoms with Crippen LogP contribution >= 0.6 is 11.6 Å². The Labute approximate surface area is 102 Å². The van der Waals surface area contributed by atoms with Crippen LogP contribution in [0.1, 0.15) is 25.7 Å². The molecule has 0 amide bonds. The van der Waals surface area contributed by atoms with Crippen molar-refractivity contribution in [1.29, 1.82) is 0 Å². The number of halogens is 1. The molecule has 2 atom stereocenters. The van der Waals surface area contributed by atoms with Crippen LogP contribution in [-0.4, -0.2) is 18.6 Å². The molecule has 1 aliphatic rings. The van der Waals surface area contributed by atoms with Crippen molar-refractivity contribution in [2.75, 3.05) is 7.11 Å². The molecule has 0 aromatic heterocycles. The smallest absolute Gasteiger partial charge is 0.120 e. The topological polar surface area (TPSA) is 18.5 Å². The van der Waals surface area contributed by atoms with Gasteiger partial charge in [0.15, 0.2) is 0 Å². The second-order valence-electron chi connectivity index (χ2n) is 4.13. The minimum atomic E-state index is 0.149. The number of methoxy groups -OCH3 is 1. The third kappa shape index (κ3) is 2.82. The molecule has 0 bridgehead atoms. The Morgan fingerprint density at radius 3 is 2.31 bits per heavy atom. The van der Waals surface area contributed by atoms with Gasteiger partial charge in [0.1, 0.15) is 17.6 Å². The molecule has 2 nitrogen and oxygen atoms in total. The number of benzene rings is 1. The summed E-state index contributed by atoms with van der Waals surface area (Å²) >= 11 is 6.24. The first-order valence-electron chi connectivity index (χ1n) is 5.74. The van der Waals surface area contributed by atoms with Gasteiger partial charge in [-0.2, -0.15) is 0 Å². The molecule has 16 heavy (non-hydrogen) atoms. The van der Waals surface area contributed by atoms with Crippen molar-refractivity contribution < 1.29 is 9.47 Å². The van der Waals surface area contributed by atoms with E-state index < -0.39 is 0 Å². The van der Waals surface area contributed by atoms with Crippen LogP contribution in [0.5, 0.6) is 11.5 Å². The van der Waals surface area contributed by atoms with Crippen molar-refractivity contribution in [1.82, 2.24) is 0 Å². The van der Waals surface area contributed by atoms with Gasteiger partial charge in [-0.25, -0.2) is 0 Å². The zero-order valence-corrected chi connectivity index (χ0v) is 10.2. The molecule has 1 saturated carbocycles. The third-order valence-corrected chi connectivity index (χ3v) is 3.47. The highest BCUT2D eigenvalue weighted by Gasteiger charge is 2.24. The normalized spacial score (nSPS) is 25.1. The number of ether oxygens (including phenoxy) is 2. The molecule has 0 heterocycles. The quantitative estimate of drug-likeness (QED) is 0.752. The first kappa shape index (κ1) is 11.6. The van der Waals surface area contributed by atoms with Crippen LogP contribution in [0.3, 0.4) is 0 Å². The van der Waals surface area contributed by atoms with Gasteiger partial charge in [0.25, 0.3) is 0 Å². The molecule has 0 aliphatic heterocycles. The monoisotopic (exact) mass is 240 g/mol. The van der Waals surface area contributed by atoms with Crippen molar-refractivity contribution in [3.8, 4) is 11.5 Å². The molecule has 3 heteroatoms. The van der Waals surface area contributed by atoms with E-state index in [0.717, 1.165) is 24.3 Å². The molecule has 0 spiro atoms. The number of hydrogen-bond donors (Lipinski definition) is 0. The van der Waals surface area contributed by atoms with Crippen LogP contribution in [0.4, 0.5) is 0 Å². The van der Waals surface area contributed by atoms with Gasteiger partial charge in [-0.1, -0.05) is 6.42 Å². The van der Waals surface area contributed by atoms with E-state index >= 15 is 0 Å². The Hall–Kier alpha value is -0.890. The predicted molar refractivity (Wildman–Crippen MR) is 65.5 cm³/mol. The number of rotatable bonds is 3. The van der Waals surface area contributed by atoms with E-state index in [1.807, 2.05) is 24.3 Å². The van der Waals surface area contributed by atoms with Crippen molar-refractivity contribution in [2.45, 2.75) is 37.2 Å². The van der Waals surface area contributed by atoms with Crippen LogP contribution in [0.25, 0.3) is 0 Å². The molecule has 0 N–H and O–H groups in total. The highest BCUT2D eigenvalue weighted by Crippen LogP contribution is 2.28. The summed E-state index contributed by atoms with van der Waals surface area (Å²) in [5.74, 6) is 1.72. The SMILES string of the molecule is COc1ccc(O[C@H]2CCCC[C@H]2Cl)cc1. The third-order valence-electron chi connectivity index (χ3n) is 2.97. The molecule has 0 radical (unpaired) electrons. The van der Waals surface area contributed by atoms with Gasteiger partial charge in [-0.3, -0.25) is 0 Å². The van der Waals surface area contributed by atoms with E-state index in [4.69, 9.17) is 21.1 Å². The van der Waals surface area contributed by atoms with Crippen LogP contribution in [-0.2, 0) is 0 Å². The first-order valence-corrected chi connectivity index (χ1v) is 6.18. The molecule has 0 saturated heterocycles. The Morgan fingerprint density at radius 2 is 1.69 bits per heavy atom. The van der Waals surface area contributed by atoms with E-state index in [1.165, 1.54) is 12.8 Å². The lowest BCUT2D eigenvalue weighted by molar-refractivity contribution is 0.159. The lowest BCUT2D eigenvalue weighted by atomic mass is 9.97. The summed E-state index contributed by atoms with van der Waals surface area (Å²) in [7, 11) is 1.66. The molecule has 88 valence electrons. The van der Waals surface area contributed by atoms with Gasteiger partial charge in [0, 0.05) is 0 Å². The van der Waals surface area contributed by atoms with Crippen molar-refractivity contribution in [2.24, 2.45) is 0 Å². The van der Waals surface area contributed by atoms with E-state index in [0.29, 0.717) is 0 Å². The summed E-state index contributed by atoms with van der Waals surface area (Å²) in [6.07, 6.45) is 4.70. The number of alkyl halides is 1. The van der Waals surface area contributed by atoms with Gasteiger partial charge < -0.3 is 9.47 Å². The summed E-state index contributed by atoms with van der Waals surface area (Å²) in [6.45, 7) is 0. The molecular weight excluding hydrogens is 224 g/mol. The van der Waals surface area contributed by atoms with Crippen molar-refractivity contribution in [3.63, 3.8) is 0 Å². The average molecular weight is 241 g/mol. The Morgan fingerprint density at radius 1 is 1.06 bits per heavy atom. The molecule has 1 aliphatic carbocycles. The largest absolute Gasteiger partial charge is 0.497 e. The fourth-order valence-electron chi connectivity index (χ4n) is 2.01. The van der Waals surface area contributed by atoms with E-state index in [-0.39, 0.29) is 11.5 Å². The maximum atomic E-state index is 6.24. The van der Waals surface area contributed by atoms with Gasteiger partial charge in [0.05, 0.1) is 12.5 Å². The van der Waals surface area contributed by atoms with Gasteiger partial charge in [0.2, 0.25) is 0 Å². The van der Waals surface area contributed by atoms with E-state index in [9.17, 15) is 0 Å². The fourth-order valence-corrected chi connectivity index (χ4v) is 2.35. The molecular formula is C13H17ClO2. The standard InChI is InChI=1S/C13H17ClO2/c1-15-10-6-8-11(9-7-10)16-13-5-3-2-4-12(13)14/h6-9,12-13H,2-5H2,1H3/t12-,13+/m1/s1. The zero-order valence-electron chi connectivity index (χ0n) is 9.49. The molecule has 2 rings (SSSR count). The van der Waals surface area contributed by atoms with Crippen LogP contribution in [0, 0.1) is 0 Å². The first-order chi connectivity index (χ1) is 7.79. The number of hydrogen-bond acceptors (Lipinski definition) is 2. The average Bonchev–Trinajstić information content (AvgIpc) is 2.33. The summed E-state index contributed by atoms with van der Waals surface area (Å²) in [4.78, 5) is 0. The fraction of sp³-hybridized carbons (Fsp3) is 0.538. The Balaban J connectivity index is 1.96. The summed E-state index contributed by atoms with van der Waals surface area (Å²) < 4.78 is 11.0. The zero-order chi connectivity index (χ0) is 11.4. The Bertz CT molecular complexity index is 323. The second-order valence-corrected chi connectivity index (χ2v) is 4.69. The second kappa shape index (κ2) is 5.44. The van der Waals surface area contributed by atoms with E-state index in [2.05, 4.69) is 0 Å². The molecule has 1 aromatic carbocycles. The lowest BCUT2D eigenvalue weighted by Gasteiger charge is -2.27. The van der Waals surface area contributed by atoms with Gasteiger partial charge in [-0.05, 0) is 43.5 Å². The molecule has 1 aromatic rings. The minimum Gasteiger partial charge on any atom is -0.497 e. The molecule has 0 unspecified atom stereocenters. The van der Waals surface area contributed by atoms with Crippen molar-refractivity contribution >= 4 is 11.6 Å². The molecule has 1 fully saturated rings. The lowest BCUT2D eigenvalue weighted by Crippen LogP contribution is -2.30. The van der Waals surface area contributed by atoms with Gasteiger partial charge >= 0.3 is 0 Å². The summed E-state index contributed by atoms with van der Waals surface area (Å²) in [5.41, 5.74) is 0. The van der Waals surface area contributed by atoms with Crippen LogP contribution in [0.2, 0.25) is 0 Å². The highest BCUT2D eigenvalue weighted by molar-refractivity contribution is 6.21. The Kier molecular flexibility index (Phi) is 3.94. The highest BCUT2D eigenvalue weighted by atomic mass is 35.5. The maximum Gasteiger partial charge on any atom is 0.120 e. The van der Waals surface area contributed by atoms with Gasteiger partial charge in [-0.15, -0.1) is 11.6 Å². The van der Waals surface area contributed by atoms with Crippen LogP contribution < -0.4 is 9.47 Å². The summed E-state index contributed by atoms with van der Waals surface area (Å²) in [6, 6.07) is 7.66. The maximum absolute atomic E-state index is 6.24. The van der Waals surface area contributed by atoms with E-state index in [1.54, 1.807) is 7.11 Å². The van der Waals surface area contributed by atoms with Crippen LogP contribution in [0.15, 0.2) is 24.3 Å². The summed E-state index contributed by atoms with van der Waals surface area (Å²) in [5, 5.41) is 0.149. The minimum absolute atomic E-state index is 0.149. The predicted octanol–water partition coefficient (Wildman–Crippen LogP) is 3.62. The van der Waals surface area contributed by atoms with Crippen molar-refractivity contribution in [3.05, 3.63) is 24.3 Å².